The molecule has 6 nitrogen and oxygen atoms in total. The molecule has 196 valence electrons. The third kappa shape index (κ3) is 8.50. The van der Waals surface area contributed by atoms with Crippen molar-refractivity contribution in [3.63, 3.8) is 0 Å². The summed E-state index contributed by atoms with van der Waals surface area (Å²) in [4.78, 5) is 0. The van der Waals surface area contributed by atoms with Crippen molar-refractivity contribution in [2.24, 2.45) is 10.8 Å². The van der Waals surface area contributed by atoms with Crippen molar-refractivity contribution in [1.29, 1.82) is 0 Å². The fourth-order valence-electron chi connectivity index (χ4n) is 4.26. The van der Waals surface area contributed by atoms with E-state index in [2.05, 4.69) is 52.0 Å². The van der Waals surface area contributed by atoms with E-state index in [0.29, 0.717) is 39.6 Å². The summed E-state index contributed by atoms with van der Waals surface area (Å²) < 4.78 is 33.5. The van der Waals surface area contributed by atoms with Crippen LogP contribution in [0.1, 0.15) is 38.8 Å². The number of methoxy groups -OCH3 is 4. The number of rotatable bonds is 16. The van der Waals surface area contributed by atoms with Crippen LogP contribution in [0.4, 0.5) is 0 Å². The van der Waals surface area contributed by atoms with Crippen LogP contribution in [0.3, 0.4) is 0 Å². The van der Waals surface area contributed by atoms with Gasteiger partial charge < -0.3 is 28.4 Å². The van der Waals surface area contributed by atoms with E-state index in [1.54, 1.807) is 28.4 Å². The molecule has 0 atom stereocenters. The molecule has 2 aromatic carbocycles. The maximum Gasteiger partial charge on any atom is 0.119 e. The Morgan fingerprint density at radius 2 is 0.743 bits per heavy atom. The SMILES string of the molecule is COCC(C)(COC)COc1ccc(C(C)(C)c2ccc(OCC(C)(COC)COC)cc2)cc1. The highest BCUT2D eigenvalue weighted by Crippen LogP contribution is 2.34. The molecule has 0 radical (unpaired) electrons. The lowest BCUT2D eigenvalue weighted by atomic mass is 9.78. The Morgan fingerprint density at radius 1 is 0.457 bits per heavy atom. The zero-order valence-corrected chi connectivity index (χ0v) is 22.8. The van der Waals surface area contributed by atoms with E-state index < -0.39 is 0 Å². The topological polar surface area (TPSA) is 55.4 Å². The highest BCUT2D eigenvalue weighted by Gasteiger charge is 2.28. The van der Waals surface area contributed by atoms with Crippen molar-refractivity contribution >= 4 is 0 Å². The molecular formula is C29H44O6. The van der Waals surface area contributed by atoms with Gasteiger partial charge in [-0.1, -0.05) is 52.0 Å². The molecule has 0 N–H and O–H groups in total. The average molecular weight is 489 g/mol. The molecule has 0 spiro atoms. The maximum atomic E-state index is 6.06. The summed E-state index contributed by atoms with van der Waals surface area (Å²) in [6.07, 6.45) is 0. The number of hydrogen-bond donors (Lipinski definition) is 0. The normalized spacial score (nSPS) is 12.6. The van der Waals surface area contributed by atoms with Crippen molar-refractivity contribution in [3.05, 3.63) is 59.7 Å². The molecule has 0 aliphatic carbocycles. The van der Waals surface area contributed by atoms with Gasteiger partial charge in [-0.05, 0) is 35.4 Å². The molecule has 6 heteroatoms. The minimum atomic E-state index is -0.199. The monoisotopic (exact) mass is 488 g/mol. The molecule has 0 bridgehead atoms. The minimum Gasteiger partial charge on any atom is -0.493 e. The molecule has 0 aromatic heterocycles. The summed E-state index contributed by atoms with van der Waals surface area (Å²) >= 11 is 0. The number of hydrogen-bond acceptors (Lipinski definition) is 6. The molecular weight excluding hydrogens is 444 g/mol. The van der Waals surface area contributed by atoms with Crippen LogP contribution in [-0.4, -0.2) is 68.1 Å². The van der Waals surface area contributed by atoms with Crippen LogP contribution in [-0.2, 0) is 24.4 Å². The summed E-state index contributed by atoms with van der Waals surface area (Å²) in [7, 11) is 6.79. The Morgan fingerprint density at radius 3 is 1.00 bits per heavy atom. The first-order valence-corrected chi connectivity index (χ1v) is 12.0. The molecule has 2 rings (SSSR count). The second-order valence-electron chi connectivity index (χ2n) is 10.6. The number of ether oxygens (including phenoxy) is 6. The Balaban J connectivity index is 2.04. The van der Waals surface area contributed by atoms with Crippen molar-refractivity contribution < 1.29 is 28.4 Å². The summed E-state index contributed by atoms with van der Waals surface area (Å²) in [6.45, 7) is 12.0. The first-order valence-electron chi connectivity index (χ1n) is 12.0. The molecule has 35 heavy (non-hydrogen) atoms. The van der Waals surface area contributed by atoms with E-state index >= 15 is 0 Å². The van der Waals surface area contributed by atoms with Gasteiger partial charge in [-0.15, -0.1) is 0 Å². The molecule has 2 aromatic rings. The van der Waals surface area contributed by atoms with Gasteiger partial charge in [-0.3, -0.25) is 0 Å². The van der Waals surface area contributed by atoms with Crippen LogP contribution in [0.15, 0.2) is 48.5 Å². The van der Waals surface area contributed by atoms with Gasteiger partial charge in [0.15, 0.2) is 0 Å². The van der Waals surface area contributed by atoms with Gasteiger partial charge in [-0.2, -0.15) is 0 Å². The van der Waals surface area contributed by atoms with Crippen LogP contribution in [0.2, 0.25) is 0 Å². The largest absolute Gasteiger partial charge is 0.493 e. The minimum absolute atomic E-state index is 0.168. The van der Waals surface area contributed by atoms with Crippen molar-refractivity contribution in [1.82, 2.24) is 0 Å². The predicted octanol–water partition coefficient (Wildman–Crippen LogP) is 5.37. The maximum absolute atomic E-state index is 6.06. The fraction of sp³-hybridized carbons (Fsp3) is 0.586. The molecule has 0 saturated carbocycles. The molecule has 0 heterocycles. The first-order chi connectivity index (χ1) is 16.6. The van der Waals surface area contributed by atoms with E-state index in [0.717, 1.165) is 11.5 Å². The lowest BCUT2D eigenvalue weighted by Crippen LogP contribution is -2.34. The highest BCUT2D eigenvalue weighted by molar-refractivity contribution is 5.41. The second kappa shape index (κ2) is 13.3. The van der Waals surface area contributed by atoms with Crippen LogP contribution in [0, 0.1) is 10.8 Å². The van der Waals surface area contributed by atoms with Gasteiger partial charge in [0.05, 0.1) is 39.6 Å². The average Bonchev–Trinajstić information content (AvgIpc) is 2.83. The van der Waals surface area contributed by atoms with Gasteiger partial charge in [0, 0.05) is 44.7 Å². The van der Waals surface area contributed by atoms with E-state index in [4.69, 9.17) is 28.4 Å². The first kappa shape index (κ1) is 29.1. The van der Waals surface area contributed by atoms with Gasteiger partial charge in [0.1, 0.15) is 11.5 Å². The van der Waals surface area contributed by atoms with Crippen molar-refractivity contribution in [2.75, 3.05) is 68.1 Å². The van der Waals surface area contributed by atoms with Gasteiger partial charge in [-0.25, -0.2) is 0 Å². The summed E-state index contributed by atoms with van der Waals surface area (Å²) in [5.41, 5.74) is 1.86. The van der Waals surface area contributed by atoms with Crippen LogP contribution in [0.5, 0.6) is 11.5 Å². The smallest absolute Gasteiger partial charge is 0.119 e. The Labute approximate surface area is 211 Å². The standard InChI is InChI=1S/C29H44O6/c1-27(2,23-9-13-25(14-10-23)34-21-28(3,17-30-5)18-31-6)24-11-15-26(16-12-24)35-22-29(4,19-32-7)20-33-8/h9-16H,17-22H2,1-8H3. The third-order valence-corrected chi connectivity index (χ3v) is 6.30. The lowest BCUT2D eigenvalue weighted by molar-refractivity contribution is -0.00704. The zero-order chi connectivity index (χ0) is 26.0. The van der Waals surface area contributed by atoms with Gasteiger partial charge >= 0.3 is 0 Å². The second-order valence-corrected chi connectivity index (χ2v) is 10.6. The Bertz CT molecular complexity index is 776. The third-order valence-electron chi connectivity index (χ3n) is 6.30. The van der Waals surface area contributed by atoms with Crippen molar-refractivity contribution in [2.45, 2.75) is 33.1 Å². The molecule has 0 fully saturated rings. The predicted molar refractivity (Wildman–Crippen MR) is 140 cm³/mol. The van der Waals surface area contributed by atoms with E-state index in [9.17, 15) is 0 Å². The fourth-order valence-corrected chi connectivity index (χ4v) is 4.26. The summed E-state index contributed by atoms with van der Waals surface area (Å²) in [5.74, 6) is 1.67. The van der Waals surface area contributed by atoms with Crippen LogP contribution in [0.25, 0.3) is 0 Å². The summed E-state index contributed by atoms with van der Waals surface area (Å²) in [6, 6.07) is 16.6. The molecule has 0 amide bonds. The quantitative estimate of drug-likeness (QED) is 0.317. The molecule has 0 aliphatic rings. The van der Waals surface area contributed by atoms with Crippen LogP contribution < -0.4 is 9.47 Å². The van der Waals surface area contributed by atoms with E-state index in [-0.39, 0.29) is 16.2 Å². The van der Waals surface area contributed by atoms with E-state index in [1.165, 1.54) is 11.1 Å². The zero-order valence-electron chi connectivity index (χ0n) is 22.8. The molecule has 0 saturated heterocycles. The molecule has 0 aliphatic heterocycles. The van der Waals surface area contributed by atoms with E-state index in [1.807, 2.05) is 24.3 Å². The number of benzene rings is 2. The van der Waals surface area contributed by atoms with Crippen LogP contribution >= 0.6 is 0 Å². The Hall–Kier alpha value is -2.12. The van der Waals surface area contributed by atoms with Crippen molar-refractivity contribution in [3.8, 4) is 11.5 Å². The van der Waals surface area contributed by atoms with Gasteiger partial charge in [0.2, 0.25) is 0 Å². The van der Waals surface area contributed by atoms with Gasteiger partial charge in [0.25, 0.3) is 0 Å². The summed E-state index contributed by atoms with van der Waals surface area (Å²) in [5, 5.41) is 0. The Kier molecular flexibility index (Phi) is 11.0. The molecule has 0 unspecified atom stereocenters. The highest BCUT2D eigenvalue weighted by atomic mass is 16.5. The lowest BCUT2D eigenvalue weighted by Gasteiger charge is -2.29.